The molecule has 1 aromatic heterocycles. The fourth-order valence-corrected chi connectivity index (χ4v) is 6.76. The molecular weight excluding hydrogens is 523 g/mol. The molecule has 2 aliphatic heterocycles. The number of hydrogen-bond acceptors (Lipinski definition) is 7. The Bertz CT molecular complexity index is 1430. The van der Waals surface area contributed by atoms with Crippen LogP contribution in [0.2, 0.25) is 10.0 Å². The number of hydrogen-bond donors (Lipinski definition) is 2. The molecule has 1 amide bonds. The third kappa shape index (κ3) is 4.64. The molecule has 5 rings (SSSR count). The monoisotopic (exact) mass is 548 g/mol. The van der Waals surface area contributed by atoms with Gasteiger partial charge in [-0.25, -0.2) is 18.4 Å². The van der Waals surface area contributed by atoms with Gasteiger partial charge in [0.25, 0.3) is 0 Å². The van der Waals surface area contributed by atoms with E-state index >= 15 is 0 Å². The van der Waals surface area contributed by atoms with E-state index < -0.39 is 22.2 Å². The van der Waals surface area contributed by atoms with Crippen molar-refractivity contribution in [2.45, 2.75) is 37.5 Å². The summed E-state index contributed by atoms with van der Waals surface area (Å²) >= 11 is 12.3. The van der Waals surface area contributed by atoms with Gasteiger partial charge in [0.15, 0.2) is 0 Å². The van der Waals surface area contributed by atoms with Crippen LogP contribution < -0.4 is 10.6 Å². The molecule has 3 heterocycles. The predicted molar refractivity (Wildman–Crippen MR) is 139 cm³/mol. The van der Waals surface area contributed by atoms with Crippen molar-refractivity contribution in [1.29, 1.82) is 0 Å². The zero-order chi connectivity index (χ0) is 25.6. The van der Waals surface area contributed by atoms with E-state index in [1.807, 2.05) is 43.0 Å². The normalized spacial score (nSPS) is 21.6. The van der Waals surface area contributed by atoms with Gasteiger partial charge in [-0.05, 0) is 30.2 Å². The summed E-state index contributed by atoms with van der Waals surface area (Å²) in [5.41, 5.74) is 0.779. The fourth-order valence-electron chi connectivity index (χ4n) is 4.59. The Balaban J connectivity index is 1.51. The van der Waals surface area contributed by atoms with E-state index in [-0.39, 0.29) is 39.9 Å². The van der Waals surface area contributed by atoms with E-state index in [1.54, 1.807) is 12.1 Å². The van der Waals surface area contributed by atoms with Crippen LogP contribution in [0.5, 0.6) is 0 Å². The van der Waals surface area contributed by atoms with Crippen LogP contribution in [0.3, 0.4) is 0 Å². The summed E-state index contributed by atoms with van der Waals surface area (Å²) < 4.78 is 28.3. The van der Waals surface area contributed by atoms with E-state index in [9.17, 15) is 13.2 Å². The lowest BCUT2D eigenvalue weighted by molar-refractivity contribution is -0.125. The van der Waals surface area contributed by atoms with Crippen molar-refractivity contribution >= 4 is 55.9 Å². The lowest BCUT2D eigenvalue weighted by atomic mass is 10.0. The van der Waals surface area contributed by atoms with Gasteiger partial charge < -0.3 is 10.6 Å². The molecule has 1 unspecified atom stereocenters. The summed E-state index contributed by atoms with van der Waals surface area (Å²) in [5, 5.41) is 7.36. The number of sulfonamides is 1. The maximum atomic E-state index is 13.5. The van der Waals surface area contributed by atoms with Crippen LogP contribution in [0.4, 0.5) is 5.82 Å². The highest BCUT2D eigenvalue weighted by Gasteiger charge is 2.38. The van der Waals surface area contributed by atoms with Crippen LogP contribution in [0, 0.1) is 5.92 Å². The van der Waals surface area contributed by atoms with Gasteiger partial charge in [0.2, 0.25) is 15.9 Å². The highest BCUT2D eigenvalue weighted by atomic mass is 35.5. The van der Waals surface area contributed by atoms with Crippen molar-refractivity contribution in [3.05, 3.63) is 58.3 Å². The minimum absolute atomic E-state index is 0.0160. The SMILES string of the molecule is CC(C)[C@@H]1Nc2nc(nc3ccccc23)CN2CCN(S(=O)(=O)c3cccc(Cl)c3Cl)CC2NC1=O. The van der Waals surface area contributed by atoms with Crippen LogP contribution >= 0.6 is 23.2 Å². The zero-order valence-corrected chi connectivity index (χ0v) is 22.1. The van der Waals surface area contributed by atoms with Gasteiger partial charge in [0, 0.05) is 25.0 Å². The highest BCUT2D eigenvalue weighted by molar-refractivity contribution is 7.89. The Morgan fingerprint density at radius 2 is 1.81 bits per heavy atom. The number of piperazine rings is 1. The van der Waals surface area contributed by atoms with Crippen LogP contribution in [-0.2, 0) is 21.4 Å². The molecule has 2 aliphatic rings. The average molecular weight is 549 g/mol. The molecule has 2 atom stereocenters. The number of halogens is 2. The molecule has 0 saturated carbocycles. The molecule has 12 heteroatoms. The molecule has 3 aromatic rings. The van der Waals surface area contributed by atoms with Crippen molar-refractivity contribution in [2.75, 3.05) is 25.0 Å². The van der Waals surface area contributed by atoms with Gasteiger partial charge >= 0.3 is 0 Å². The Morgan fingerprint density at radius 1 is 1.03 bits per heavy atom. The summed E-state index contributed by atoms with van der Waals surface area (Å²) in [6.07, 6.45) is -0.585. The molecule has 0 aliphatic carbocycles. The van der Waals surface area contributed by atoms with Crippen LogP contribution in [0.1, 0.15) is 19.7 Å². The Labute approximate surface area is 219 Å². The molecule has 190 valence electrons. The standard InChI is InChI=1S/C24H26Cl2N6O3S/c1-14(2)22-24(33)29-20-13-32(36(34,35)18-9-5-7-16(25)21(18)26)11-10-31(20)12-19-27-17-8-4-3-6-15(17)23(28-19)30-22/h3-9,14,20,22H,10-13H2,1-2H3,(H,29,33)(H,27,28,30)/t20?,22-/m0/s1. The summed E-state index contributed by atoms with van der Waals surface area (Å²) in [6.45, 7) is 4.87. The maximum absolute atomic E-state index is 13.5. The molecule has 1 fully saturated rings. The number of carbonyl (C=O) groups excluding carboxylic acids is 1. The first-order chi connectivity index (χ1) is 17.1. The van der Waals surface area contributed by atoms with E-state index in [2.05, 4.69) is 10.6 Å². The number of rotatable bonds is 3. The number of carbonyl (C=O) groups is 1. The van der Waals surface area contributed by atoms with Crippen molar-refractivity contribution in [2.24, 2.45) is 5.92 Å². The first kappa shape index (κ1) is 25.2. The number of nitrogens with one attached hydrogen (secondary N) is 2. The summed E-state index contributed by atoms with van der Waals surface area (Å²) in [4.78, 5) is 24.9. The second kappa shape index (κ2) is 9.75. The van der Waals surface area contributed by atoms with E-state index in [0.29, 0.717) is 24.7 Å². The zero-order valence-electron chi connectivity index (χ0n) is 19.8. The quantitative estimate of drug-likeness (QED) is 0.516. The predicted octanol–water partition coefficient (Wildman–Crippen LogP) is 3.34. The minimum Gasteiger partial charge on any atom is -0.358 e. The molecule has 2 N–H and O–H groups in total. The second-order valence-corrected chi connectivity index (χ2v) is 12.0. The number of fused-ring (bicyclic) bond motifs is 5. The number of anilines is 1. The topological polar surface area (TPSA) is 108 Å². The molecule has 2 bridgehead atoms. The lowest BCUT2D eigenvalue weighted by Crippen LogP contribution is -2.62. The molecular formula is C24H26Cl2N6O3S. The van der Waals surface area contributed by atoms with Gasteiger partial charge in [-0.1, -0.05) is 55.2 Å². The summed E-state index contributed by atoms with van der Waals surface area (Å²) in [6, 6.07) is 11.6. The lowest BCUT2D eigenvalue weighted by Gasteiger charge is -2.42. The minimum atomic E-state index is -3.94. The van der Waals surface area contributed by atoms with Gasteiger partial charge in [-0.3, -0.25) is 9.69 Å². The van der Waals surface area contributed by atoms with Gasteiger partial charge in [-0.2, -0.15) is 4.31 Å². The number of para-hydroxylation sites is 1. The summed E-state index contributed by atoms with van der Waals surface area (Å²) in [5.74, 6) is 0.920. The highest BCUT2D eigenvalue weighted by Crippen LogP contribution is 2.32. The van der Waals surface area contributed by atoms with Gasteiger partial charge in [-0.15, -0.1) is 0 Å². The fraction of sp³-hybridized carbons (Fsp3) is 0.375. The smallest absolute Gasteiger partial charge is 0.244 e. The Hall–Kier alpha value is -2.50. The van der Waals surface area contributed by atoms with Crippen molar-refractivity contribution in [3.63, 3.8) is 0 Å². The van der Waals surface area contributed by atoms with Gasteiger partial charge in [0.05, 0.1) is 28.3 Å². The van der Waals surface area contributed by atoms with Crippen molar-refractivity contribution < 1.29 is 13.2 Å². The van der Waals surface area contributed by atoms with Crippen LogP contribution in [0.25, 0.3) is 10.9 Å². The number of aromatic nitrogens is 2. The Morgan fingerprint density at radius 3 is 2.58 bits per heavy atom. The number of benzene rings is 2. The first-order valence-electron chi connectivity index (χ1n) is 11.7. The maximum Gasteiger partial charge on any atom is 0.244 e. The van der Waals surface area contributed by atoms with Gasteiger partial charge in [0.1, 0.15) is 22.6 Å². The molecule has 36 heavy (non-hydrogen) atoms. The second-order valence-electron chi connectivity index (χ2n) is 9.28. The van der Waals surface area contributed by atoms with Crippen LogP contribution in [0.15, 0.2) is 47.4 Å². The van der Waals surface area contributed by atoms with E-state index in [0.717, 1.165) is 10.9 Å². The largest absolute Gasteiger partial charge is 0.358 e. The first-order valence-corrected chi connectivity index (χ1v) is 13.9. The van der Waals surface area contributed by atoms with Crippen LogP contribution in [-0.4, -0.2) is 65.3 Å². The molecule has 9 nitrogen and oxygen atoms in total. The molecule has 2 aromatic carbocycles. The third-order valence-corrected chi connectivity index (χ3v) is 9.37. The molecule has 1 saturated heterocycles. The van der Waals surface area contributed by atoms with E-state index in [4.69, 9.17) is 33.2 Å². The van der Waals surface area contributed by atoms with Crippen molar-refractivity contribution in [3.8, 4) is 0 Å². The summed E-state index contributed by atoms with van der Waals surface area (Å²) in [7, 11) is -3.94. The number of nitrogens with zero attached hydrogens (tertiary/aromatic N) is 4. The van der Waals surface area contributed by atoms with Crippen molar-refractivity contribution in [1.82, 2.24) is 24.5 Å². The molecule has 0 spiro atoms. The molecule has 0 radical (unpaired) electrons. The Kier molecular flexibility index (Phi) is 6.82. The third-order valence-electron chi connectivity index (χ3n) is 6.53. The average Bonchev–Trinajstić information content (AvgIpc) is 2.84. The van der Waals surface area contributed by atoms with E-state index in [1.165, 1.54) is 10.4 Å². The number of amides is 1.